The highest BCUT2D eigenvalue weighted by Gasteiger charge is 2.63. The molecule has 0 saturated carbocycles. The van der Waals surface area contributed by atoms with Gasteiger partial charge in [0.25, 0.3) is 0 Å². The summed E-state index contributed by atoms with van der Waals surface area (Å²) >= 11 is 0. The number of nitrogens with zero attached hydrogens (tertiary/aromatic N) is 2. The summed E-state index contributed by atoms with van der Waals surface area (Å²) in [5.41, 5.74) is -1.61. The quantitative estimate of drug-likeness (QED) is 0.605. The first-order chi connectivity index (χ1) is 14.0. The van der Waals surface area contributed by atoms with Crippen LogP contribution in [0.3, 0.4) is 0 Å². The maximum Gasteiger partial charge on any atom is 0.410 e. The summed E-state index contributed by atoms with van der Waals surface area (Å²) in [6.07, 6.45) is -6.77. The topological polar surface area (TPSA) is 76.2 Å². The monoisotopic (exact) mass is 448 g/mol. The third kappa shape index (κ3) is 4.92. The summed E-state index contributed by atoms with van der Waals surface area (Å²) in [4.78, 5) is 40.9. The Morgan fingerprint density at radius 3 is 2.06 bits per heavy atom. The van der Waals surface area contributed by atoms with Crippen LogP contribution in [-0.4, -0.2) is 70.3 Å². The van der Waals surface area contributed by atoms with Crippen molar-refractivity contribution in [2.24, 2.45) is 11.3 Å². The maximum atomic E-state index is 13.0. The Morgan fingerprint density at radius 2 is 1.55 bits per heavy atom. The van der Waals surface area contributed by atoms with E-state index in [1.165, 1.54) is 9.80 Å². The average Bonchev–Trinajstić information content (AvgIpc) is 2.66. The van der Waals surface area contributed by atoms with Gasteiger partial charge < -0.3 is 14.4 Å². The lowest BCUT2D eigenvalue weighted by molar-refractivity contribution is -0.171. The molecule has 10 heteroatoms. The van der Waals surface area contributed by atoms with Gasteiger partial charge in [-0.1, -0.05) is 0 Å². The Bertz CT molecular complexity index is 756. The van der Waals surface area contributed by atoms with Crippen molar-refractivity contribution in [2.45, 2.75) is 96.8 Å². The largest absolute Gasteiger partial charge is 0.457 e. The molecule has 176 valence electrons. The number of carbonyl (C=O) groups excluding carboxylic acids is 3. The van der Waals surface area contributed by atoms with Crippen LogP contribution in [0.25, 0.3) is 0 Å². The first-order valence-corrected chi connectivity index (χ1v) is 10.6. The van der Waals surface area contributed by atoms with E-state index >= 15 is 0 Å². The molecule has 3 rings (SSSR count). The second-order valence-corrected chi connectivity index (χ2v) is 10.8. The van der Waals surface area contributed by atoms with Gasteiger partial charge in [0.05, 0.1) is 23.5 Å². The molecule has 5 atom stereocenters. The van der Waals surface area contributed by atoms with Crippen LogP contribution in [0.2, 0.25) is 0 Å². The molecule has 3 aliphatic heterocycles. The minimum atomic E-state index is -4.64. The molecule has 0 aromatic carbocycles. The van der Waals surface area contributed by atoms with Crippen LogP contribution in [-0.2, 0) is 19.1 Å². The predicted octanol–water partition coefficient (Wildman–Crippen LogP) is 3.51. The van der Waals surface area contributed by atoms with Crippen molar-refractivity contribution in [3.63, 3.8) is 0 Å². The van der Waals surface area contributed by atoms with E-state index in [0.29, 0.717) is 12.8 Å². The molecule has 0 spiro atoms. The Kier molecular flexibility index (Phi) is 5.76. The number of amides is 2. The average molecular weight is 448 g/mol. The third-order valence-corrected chi connectivity index (χ3v) is 5.92. The molecular weight excluding hydrogens is 417 g/mol. The third-order valence-electron chi connectivity index (χ3n) is 5.92. The Hall–Kier alpha value is -2.00. The molecule has 0 aliphatic carbocycles. The van der Waals surface area contributed by atoms with Gasteiger partial charge in [-0.3, -0.25) is 14.5 Å². The van der Waals surface area contributed by atoms with Crippen molar-refractivity contribution >= 4 is 18.0 Å². The maximum absolute atomic E-state index is 13.0. The summed E-state index contributed by atoms with van der Waals surface area (Å²) in [7, 11) is 0. The second-order valence-electron chi connectivity index (χ2n) is 10.8. The van der Waals surface area contributed by atoms with E-state index in [4.69, 9.17) is 9.47 Å². The Balaban J connectivity index is 1.95. The Labute approximate surface area is 180 Å². The van der Waals surface area contributed by atoms with E-state index in [9.17, 15) is 27.6 Å². The molecule has 2 amide bonds. The Morgan fingerprint density at radius 1 is 0.968 bits per heavy atom. The highest BCUT2D eigenvalue weighted by molar-refractivity contribution is 5.79. The molecule has 0 aromatic heterocycles. The van der Waals surface area contributed by atoms with Gasteiger partial charge in [0.15, 0.2) is 0 Å². The molecule has 3 aliphatic rings. The van der Waals surface area contributed by atoms with Crippen LogP contribution in [0.5, 0.6) is 0 Å². The van der Waals surface area contributed by atoms with Crippen LogP contribution in [0.15, 0.2) is 0 Å². The molecule has 0 unspecified atom stereocenters. The minimum Gasteiger partial charge on any atom is -0.457 e. The molecule has 0 N–H and O–H groups in total. The first-order valence-electron chi connectivity index (χ1n) is 10.6. The van der Waals surface area contributed by atoms with Gasteiger partial charge in [-0.15, -0.1) is 0 Å². The number of carbonyl (C=O) groups is 3. The summed E-state index contributed by atoms with van der Waals surface area (Å²) in [6.45, 7) is 10.3. The zero-order chi connectivity index (χ0) is 23.5. The van der Waals surface area contributed by atoms with Crippen LogP contribution in [0, 0.1) is 11.3 Å². The van der Waals surface area contributed by atoms with Gasteiger partial charge in [0.1, 0.15) is 18.1 Å². The van der Waals surface area contributed by atoms with Gasteiger partial charge >= 0.3 is 18.2 Å². The number of alkyl halides is 3. The summed E-state index contributed by atoms with van der Waals surface area (Å²) < 4.78 is 50.2. The van der Waals surface area contributed by atoms with Crippen molar-refractivity contribution in [1.82, 2.24) is 9.80 Å². The molecule has 7 nitrogen and oxygen atoms in total. The highest BCUT2D eigenvalue weighted by atomic mass is 19.4. The van der Waals surface area contributed by atoms with Crippen molar-refractivity contribution in [3.8, 4) is 0 Å². The molecule has 31 heavy (non-hydrogen) atoms. The number of esters is 1. The number of hydrogen-bond donors (Lipinski definition) is 0. The zero-order valence-corrected chi connectivity index (χ0v) is 18.8. The number of rotatable bonds is 2. The van der Waals surface area contributed by atoms with E-state index in [2.05, 4.69) is 0 Å². The SMILES string of the molecule is CC(C)(C)OC(=O)N1[C@@H]2C[C@@H]3C[C@@H]1[C@@H]([C@H]2OC(=O)C(C)(C)C)N(C(=O)CC(F)(F)F)C3. The van der Waals surface area contributed by atoms with Crippen LogP contribution >= 0.6 is 0 Å². The molecule has 0 radical (unpaired) electrons. The van der Waals surface area contributed by atoms with E-state index < -0.39 is 65.8 Å². The van der Waals surface area contributed by atoms with Crippen molar-refractivity contribution in [2.75, 3.05) is 6.54 Å². The van der Waals surface area contributed by atoms with Gasteiger partial charge in [-0.05, 0) is 60.3 Å². The standard InChI is InChI=1S/C21H31F3N2O5/c1-19(2,3)17(28)30-16-13-8-11-7-12(26(13)18(29)31-20(4,5)6)15(16)25(10-11)14(27)9-21(22,23)24/h11-13,15-16H,7-10H2,1-6H3/t11-,12+,13+,15-,16-/m0/s1. The van der Waals surface area contributed by atoms with Gasteiger partial charge in [0, 0.05) is 6.54 Å². The molecule has 0 aromatic rings. The lowest BCUT2D eigenvalue weighted by Gasteiger charge is -2.46. The first kappa shape index (κ1) is 23.7. The molecule has 3 heterocycles. The van der Waals surface area contributed by atoms with Crippen LogP contribution < -0.4 is 0 Å². The number of ether oxygens (including phenoxy) is 2. The van der Waals surface area contributed by atoms with Crippen LogP contribution in [0.1, 0.15) is 60.8 Å². The van der Waals surface area contributed by atoms with E-state index in [1.807, 2.05) is 0 Å². The number of halogens is 3. The number of piperidine rings is 2. The van der Waals surface area contributed by atoms with Crippen molar-refractivity contribution in [1.29, 1.82) is 0 Å². The highest BCUT2D eigenvalue weighted by Crippen LogP contribution is 2.48. The molecule has 3 bridgehead atoms. The van der Waals surface area contributed by atoms with Crippen molar-refractivity contribution < 1.29 is 37.0 Å². The predicted molar refractivity (Wildman–Crippen MR) is 104 cm³/mol. The zero-order valence-electron chi connectivity index (χ0n) is 18.8. The van der Waals surface area contributed by atoms with Gasteiger partial charge in [-0.25, -0.2) is 4.79 Å². The summed E-state index contributed by atoms with van der Waals surface area (Å²) in [5.74, 6) is -1.66. The molecule has 3 saturated heterocycles. The lowest BCUT2D eigenvalue weighted by atomic mass is 9.86. The minimum absolute atomic E-state index is 0.0690. The molecular formula is C21H31F3N2O5. The van der Waals surface area contributed by atoms with Gasteiger partial charge in [-0.2, -0.15) is 13.2 Å². The fourth-order valence-corrected chi connectivity index (χ4v) is 4.80. The summed E-state index contributed by atoms with van der Waals surface area (Å²) in [5, 5.41) is 0. The normalized spacial score (nSPS) is 30.4. The fraction of sp³-hybridized carbons (Fsp3) is 0.857. The van der Waals surface area contributed by atoms with Crippen LogP contribution in [0.4, 0.5) is 18.0 Å². The van der Waals surface area contributed by atoms with Gasteiger partial charge in [0.2, 0.25) is 5.91 Å². The number of hydrogen-bond acceptors (Lipinski definition) is 5. The second kappa shape index (κ2) is 7.55. The number of fused-ring (bicyclic) bond motifs is 2. The lowest BCUT2D eigenvalue weighted by Crippen LogP contribution is -2.59. The van der Waals surface area contributed by atoms with E-state index in [-0.39, 0.29) is 12.5 Å². The smallest absolute Gasteiger partial charge is 0.410 e. The summed E-state index contributed by atoms with van der Waals surface area (Å²) in [6, 6.07) is -1.92. The van der Waals surface area contributed by atoms with Crippen molar-refractivity contribution in [3.05, 3.63) is 0 Å². The number of likely N-dealkylation sites (tertiary alicyclic amines) is 1. The molecule has 3 fully saturated rings. The fourth-order valence-electron chi connectivity index (χ4n) is 4.80. The van der Waals surface area contributed by atoms with E-state index in [1.54, 1.807) is 41.5 Å². The van der Waals surface area contributed by atoms with E-state index in [0.717, 1.165) is 0 Å².